The van der Waals surface area contributed by atoms with Crippen LogP contribution in [-0.2, 0) is 16.1 Å². The molecule has 1 aromatic rings. The third-order valence-electron chi connectivity index (χ3n) is 4.64. The molecule has 23 heavy (non-hydrogen) atoms. The van der Waals surface area contributed by atoms with Crippen LogP contribution in [0.4, 0.5) is 4.79 Å². The fourth-order valence-corrected chi connectivity index (χ4v) is 3.31. The molecule has 1 N–H and O–H groups in total. The number of piperidine rings is 1. The third kappa shape index (κ3) is 4.20. The average Bonchev–Trinajstić information content (AvgIpc) is 2.61. The van der Waals surface area contributed by atoms with Crippen molar-refractivity contribution in [1.29, 1.82) is 0 Å². The minimum atomic E-state index is -0.831. The number of ether oxygens (including phenoxy) is 2. The summed E-state index contributed by atoms with van der Waals surface area (Å²) in [5, 5.41) is 9.05. The zero-order valence-electron chi connectivity index (χ0n) is 13.3. The Labute approximate surface area is 136 Å². The van der Waals surface area contributed by atoms with Gasteiger partial charge in [0, 0.05) is 37.5 Å². The van der Waals surface area contributed by atoms with Gasteiger partial charge in [-0.2, -0.15) is 0 Å². The second-order valence-corrected chi connectivity index (χ2v) is 6.20. The highest BCUT2D eigenvalue weighted by atomic mass is 16.7. The van der Waals surface area contributed by atoms with Crippen LogP contribution in [0.25, 0.3) is 0 Å². The molecule has 1 atom stereocenters. The number of amides is 1. The topological polar surface area (TPSA) is 71.9 Å². The Hall–Kier alpha value is -1.66. The van der Waals surface area contributed by atoms with E-state index >= 15 is 0 Å². The highest BCUT2D eigenvalue weighted by Crippen LogP contribution is 2.29. The van der Waals surface area contributed by atoms with E-state index in [9.17, 15) is 4.79 Å². The minimum absolute atomic E-state index is 0.106. The van der Waals surface area contributed by atoms with Crippen molar-refractivity contribution in [3.8, 4) is 0 Å². The van der Waals surface area contributed by atoms with Crippen LogP contribution >= 0.6 is 0 Å². The molecular formula is C17H24N2O4. The van der Waals surface area contributed by atoms with Gasteiger partial charge in [0.15, 0.2) is 6.29 Å². The zero-order chi connectivity index (χ0) is 16.1. The van der Waals surface area contributed by atoms with E-state index < -0.39 is 6.09 Å². The van der Waals surface area contributed by atoms with Gasteiger partial charge in [0.05, 0.1) is 6.61 Å². The lowest BCUT2D eigenvalue weighted by atomic mass is 9.90. The van der Waals surface area contributed by atoms with Crippen LogP contribution in [0.3, 0.4) is 0 Å². The Balaban J connectivity index is 1.60. The highest BCUT2D eigenvalue weighted by molar-refractivity contribution is 5.65. The molecule has 2 aliphatic heterocycles. The number of carboxylic acid groups (broad SMARTS) is 1. The number of rotatable bonds is 4. The molecule has 126 valence electrons. The number of hydrogen-bond donors (Lipinski definition) is 1. The van der Waals surface area contributed by atoms with E-state index in [0.29, 0.717) is 25.6 Å². The molecule has 0 aromatic carbocycles. The maximum absolute atomic E-state index is 11.0. The summed E-state index contributed by atoms with van der Waals surface area (Å²) in [6.07, 6.45) is 5.71. The van der Waals surface area contributed by atoms with Crippen molar-refractivity contribution in [3.05, 3.63) is 29.6 Å². The van der Waals surface area contributed by atoms with Gasteiger partial charge < -0.3 is 19.5 Å². The highest BCUT2D eigenvalue weighted by Gasteiger charge is 2.26. The lowest BCUT2D eigenvalue weighted by molar-refractivity contribution is -0.169. The van der Waals surface area contributed by atoms with Crippen LogP contribution in [0.5, 0.6) is 0 Å². The van der Waals surface area contributed by atoms with Crippen molar-refractivity contribution in [1.82, 2.24) is 9.88 Å². The molecule has 6 heteroatoms. The summed E-state index contributed by atoms with van der Waals surface area (Å²) in [4.78, 5) is 17.0. The standard InChI is InChI=1S/C17H24N2O4/c20-17(21)19-9-6-13(7-10-19)16-14(4-3-8-18-16)12-23-15-5-1-2-11-22-15/h3-4,8,13,15H,1-2,5-7,9-12H2,(H,20,21)/t15-/m0/s1. The maximum Gasteiger partial charge on any atom is 0.407 e. The first kappa shape index (κ1) is 16.2. The first-order chi connectivity index (χ1) is 11.2. The number of hydrogen-bond acceptors (Lipinski definition) is 4. The van der Waals surface area contributed by atoms with Crippen molar-refractivity contribution in [2.75, 3.05) is 19.7 Å². The molecule has 2 saturated heterocycles. The predicted molar refractivity (Wildman–Crippen MR) is 84.2 cm³/mol. The quantitative estimate of drug-likeness (QED) is 0.923. The van der Waals surface area contributed by atoms with E-state index in [-0.39, 0.29) is 6.29 Å². The molecule has 0 saturated carbocycles. The predicted octanol–water partition coefficient (Wildman–Crippen LogP) is 2.98. The normalized spacial score (nSPS) is 23.0. The van der Waals surface area contributed by atoms with Crippen molar-refractivity contribution in [2.24, 2.45) is 0 Å². The van der Waals surface area contributed by atoms with Gasteiger partial charge in [-0.05, 0) is 43.7 Å². The molecule has 1 aromatic heterocycles. The van der Waals surface area contributed by atoms with Gasteiger partial charge in [0.2, 0.25) is 0 Å². The van der Waals surface area contributed by atoms with E-state index in [0.717, 1.165) is 50.0 Å². The maximum atomic E-state index is 11.0. The minimum Gasteiger partial charge on any atom is -0.465 e. The van der Waals surface area contributed by atoms with Crippen LogP contribution in [0.15, 0.2) is 18.3 Å². The Bertz CT molecular complexity index is 523. The third-order valence-corrected chi connectivity index (χ3v) is 4.64. The second-order valence-electron chi connectivity index (χ2n) is 6.20. The number of carbonyl (C=O) groups is 1. The van der Waals surface area contributed by atoms with Gasteiger partial charge in [-0.15, -0.1) is 0 Å². The van der Waals surface area contributed by atoms with Gasteiger partial charge in [-0.3, -0.25) is 4.98 Å². The molecular weight excluding hydrogens is 296 g/mol. The van der Waals surface area contributed by atoms with E-state index in [1.807, 2.05) is 6.07 Å². The lowest BCUT2D eigenvalue weighted by Gasteiger charge is -2.30. The largest absolute Gasteiger partial charge is 0.465 e. The fourth-order valence-electron chi connectivity index (χ4n) is 3.31. The smallest absolute Gasteiger partial charge is 0.407 e. The van der Waals surface area contributed by atoms with E-state index in [2.05, 4.69) is 11.1 Å². The number of nitrogens with zero attached hydrogens (tertiary/aromatic N) is 2. The van der Waals surface area contributed by atoms with Gasteiger partial charge >= 0.3 is 6.09 Å². The molecule has 2 fully saturated rings. The SMILES string of the molecule is O=C(O)N1CCC(c2ncccc2CO[C@H]2CCCCO2)CC1. The van der Waals surface area contributed by atoms with Crippen molar-refractivity contribution < 1.29 is 19.4 Å². The Kier molecular flexibility index (Phi) is 5.46. The summed E-state index contributed by atoms with van der Waals surface area (Å²) in [5.41, 5.74) is 2.14. The van der Waals surface area contributed by atoms with Gasteiger partial charge in [-0.1, -0.05) is 6.07 Å². The number of pyridine rings is 1. The van der Waals surface area contributed by atoms with E-state index in [4.69, 9.17) is 14.6 Å². The summed E-state index contributed by atoms with van der Waals surface area (Å²) in [6.45, 7) is 2.43. The molecule has 6 nitrogen and oxygen atoms in total. The molecule has 3 heterocycles. The monoisotopic (exact) mass is 320 g/mol. The number of likely N-dealkylation sites (tertiary alicyclic amines) is 1. The summed E-state index contributed by atoms with van der Waals surface area (Å²) in [5.74, 6) is 0.303. The summed E-state index contributed by atoms with van der Waals surface area (Å²) < 4.78 is 11.5. The van der Waals surface area contributed by atoms with Gasteiger partial charge in [0.1, 0.15) is 0 Å². The molecule has 0 unspecified atom stereocenters. The van der Waals surface area contributed by atoms with E-state index in [1.54, 1.807) is 6.20 Å². The summed E-state index contributed by atoms with van der Waals surface area (Å²) in [6, 6.07) is 3.98. The van der Waals surface area contributed by atoms with Crippen LogP contribution in [-0.4, -0.2) is 47.1 Å². The van der Waals surface area contributed by atoms with Gasteiger partial charge in [0.25, 0.3) is 0 Å². The van der Waals surface area contributed by atoms with Gasteiger partial charge in [-0.25, -0.2) is 4.79 Å². The molecule has 0 bridgehead atoms. The molecule has 0 aliphatic carbocycles. The first-order valence-corrected chi connectivity index (χ1v) is 8.39. The molecule has 0 spiro atoms. The zero-order valence-corrected chi connectivity index (χ0v) is 13.3. The molecule has 1 amide bonds. The van der Waals surface area contributed by atoms with Crippen LogP contribution in [0, 0.1) is 0 Å². The lowest BCUT2D eigenvalue weighted by Crippen LogP contribution is -2.37. The second kappa shape index (κ2) is 7.75. The molecule has 2 aliphatic rings. The van der Waals surface area contributed by atoms with Crippen molar-refractivity contribution in [2.45, 2.75) is 50.9 Å². The van der Waals surface area contributed by atoms with Crippen LogP contribution < -0.4 is 0 Å². The average molecular weight is 320 g/mol. The van der Waals surface area contributed by atoms with Crippen LogP contribution in [0.2, 0.25) is 0 Å². The van der Waals surface area contributed by atoms with Crippen molar-refractivity contribution >= 4 is 6.09 Å². The Morgan fingerprint density at radius 3 is 2.87 bits per heavy atom. The Morgan fingerprint density at radius 1 is 1.35 bits per heavy atom. The fraction of sp³-hybridized carbons (Fsp3) is 0.647. The summed E-state index contributed by atoms with van der Waals surface area (Å²) in [7, 11) is 0. The van der Waals surface area contributed by atoms with Crippen LogP contribution in [0.1, 0.15) is 49.3 Å². The number of aromatic nitrogens is 1. The van der Waals surface area contributed by atoms with E-state index in [1.165, 1.54) is 4.90 Å². The first-order valence-electron chi connectivity index (χ1n) is 8.39. The summed E-state index contributed by atoms with van der Waals surface area (Å²) >= 11 is 0. The molecule has 3 rings (SSSR count). The molecule has 0 radical (unpaired) electrons. The van der Waals surface area contributed by atoms with Crippen molar-refractivity contribution in [3.63, 3.8) is 0 Å². The Morgan fingerprint density at radius 2 is 2.17 bits per heavy atom.